The molecule has 106 valence electrons. The molecule has 1 heterocycles. The van der Waals surface area contributed by atoms with Crippen LogP contribution < -0.4 is 11.1 Å². The maximum atomic E-state index is 11.7. The highest BCUT2D eigenvalue weighted by Crippen LogP contribution is 2.12. The van der Waals surface area contributed by atoms with Crippen molar-refractivity contribution in [2.45, 2.75) is 19.4 Å². The van der Waals surface area contributed by atoms with Crippen LogP contribution >= 0.6 is 11.3 Å². The zero-order valence-corrected chi connectivity index (χ0v) is 12.0. The van der Waals surface area contributed by atoms with Crippen molar-refractivity contribution in [1.82, 2.24) is 0 Å². The van der Waals surface area contributed by atoms with E-state index in [1.165, 1.54) is 4.88 Å². The Kier molecular flexibility index (Phi) is 5.58. The fraction of sp³-hybridized carbons (Fsp3) is 0.267. The minimum Gasteiger partial charge on any atom is -0.399 e. The van der Waals surface area contributed by atoms with Gasteiger partial charge in [0.05, 0.1) is 6.61 Å². The lowest BCUT2D eigenvalue weighted by Crippen LogP contribution is -2.12. The van der Waals surface area contributed by atoms with Gasteiger partial charge in [0, 0.05) is 29.3 Å². The van der Waals surface area contributed by atoms with Gasteiger partial charge in [-0.3, -0.25) is 4.79 Å². The van der Waals surface area contributed by atoms with Crippen LogP contribution in [0.25, 0.3) is 0 Å². The smallest absolute Gasteiger partial charge is 0.224 e. The Morgan fingerprint density at radius 1 is 1.30 bits per heavy atom. The summed E-state index contributed by atoms with van der Waals surface area (Å²) in [6.07, 6.45) is 1.15. The van der Waals surface area contributed by atoms with Crippen LogP contribution in [0.15, 0.2) is 41.8 Å². The topological polar surface area (TPSA) is 64.3 Å². The number of amides is 1. The van der Waals surface area contributed by atoms with Gasteiger partial charge in [-0.2, -0.15) is 0 Å². The van der Waals surface area contributed by atoms with Gasteiger partial charge in [0.1, 0.15) is 0 Å². The number of anilines is 2. The number of nitrogen functional groups attached to an aromatic ring is 1. The highest BCUT2D eigenvalue weighted by Gasteiger charge is 2.02. The molecule has 2 rings (SSSR count). The summed E-state index contributed by atoms with van der Waals surface area (Å²) in [5, 5.41) is 4.84. The monoisotopic (exact) mass is 290 g/mol. The summed E-state index contributed by atoms with van der Waals surface area (Å²) in [4.78, 5) is 12.9. The largest absolute Gasteiger partial charge is 0.399 e. The van der Waals surface area contributed by atoms with E-state index in [2.05, 4.69) is 5.32 Å². The second kappa shape index (κ2) is 7.67. The Labute approximate surface area is 122 Å². The average Bonchev–Trinajstić information content (AvgIpc) is 2.91. The van der Waals surface area contributed by atoms with Gasteiger partial charge in [-0.05, 0) is 36.1 Å². The highest BCUT2D eigenvalue weighted by molar-refractivity contribution is 7.09. The number of rotatable bonds is 7. The summed E-state index contributed by atoms with van der Waals surface area (Å²) in [5.74, 6) is -0.0182. The number of thiophene rings is 1. The second-order valence-corrected chi connectivity index (χ2v) is 5.44. The van der Waals surface area contributed by atoms with E-state index in [1.54, 1.807) is 23.5 Å². The molecule has 0 radical (unpaired) electrons. The summed E-state index contributed by atoms with van der Waals surface area (Å²) < 4.78 is 5.51. The number of carbonyl (C=O) groups excluding carboxylic acids is 1. The molecule has 0 saturated carbocycles. The third kappa shape index (κ3) is 5.03. The molecule has 0 bridgehead atoms. The normalized spacial score (nSPS) is 10.4. The molecule has 0 unspecified atom stereocenters. The van der Waals surface area contributed by atoms with Gasteiger partial charge < -0.3 is 15.8 Å². The second-order valence-electron chi connectivity index (χ2n) is 4.41. The number of nitrogens with two attached hydrogens (primary N) is 1. The van der Waals surface area contributed by atoms with E-state index in [9.17, 15) is 4.79 Å². The number of nitrogens with one attached hydrogen (secondary N) is 1. The highest BCUT2D eigenvalue weighted by atomic mass is 32.1. The number of ether oxygens (including phenoxy) is 1. The molecule has 3 N–H and O–H groups in total. The summed E-state index contributed by atoms with van der Waals surface area (Å²) in [7, 11) is 0. The van der Waals surface area contributed by atoms with Crippen molar-refractivity contribution in [3.05, 3.63) is 46.7 Å². The third-order valence-electron chi connectivity index (χ3n) is 2.69. The molecule has 0 saturated heterocycles. The molecule has 20 heavy (non-hydrogen) atoms. The van der Waals surface area contributed by atoms with Gasteiger partial charge in [0.25, 0.3) is 0 Å². The van der Waals surface area contributed by atoms with Crippen molar-refractivity contribution in [1.29, 1.82) is 0 Å². The van der Waals surface area contributed by atoms with Crippen molar-refractivity contribution < 1.29 is 9.53 Å². The van der Waals surface area contributed by atoms with Gasteiger partial charge in [-0.25, -0.2) is 0 Å². The van der Waals surface area contributed by atoms with Gasteiger partial charge >= 0.3 is 0 Å². The zero-order valence-electron chi connectivity index (χ0n) is 11.2. The van der Waals surface area contributed by atoms with E-state index in [0.717, 1.165) is 5.69 Å². The molecular formula is C15H18N2O2S. The summed E-state index contributed by atoms with van der Waals surface area (Å²) in [6, 6.07) is 11.2. The predicted octanol–water partition coefficient (Wildman–Crippen LogP) is 3.27. The first-order valence-corrected chi connectivity index (χ1v) is 7.37. The maximum absolute atomic E-state index is 11.7. The van der Waals surface area contributed by atoms with E-state index in [4.69, 9.17) is 10.5 Å². The molecule has 1 amide bonds. The molecule has 0 atom stereocenters. The van der Waals surface area contributed by atoms with Crippen molar-refractivity contribution in [3.8, 4) is 0 Å². The number of hydrogen-bond acceptors (Lipinski definition) is 4. The number of carbonyl (C=O) groups is 1. The van der Waals surface area contributed by atoms with Crippen molar-refractivity contribution >= 4 is 28.6 Å². The lowest BCUT2D eigenvalue weighted by Gasteiger charge is -2.06. The van der Waals surface area contributed by atoms with E-state index in [-0.39, 0.29) is 5.91 Å². The van der Waals surface area contributed by atoms with Crippen LogP contribution in [-0.4, -0.2) is 12.5 Å². The first-order chi connectivity index (χ1) is 9.74. The first-order valence-electron chi connectivity index (χ1n) is 6.49. The fourth-order valence-electron chi connectivity index (χ4n) is 1.74. The van der Waals surface area contributed by atoms with E-state index in [1.807, 2.05) is 29.6 Å². The third-order valence-corrected chi connectivity index (χ3v) is 3.54. The Hall–Kier alpha value is -1.85. The van der Waals surface area contributed by atoms with Gasteiger partial charge in [0.15, 0.2) is 0 Å². The van der Waals surface area contributed by atoms with Gasteiger partial charge in [-0.1, -0.05) is 12.1 Å². The Balaban J connectivity index is 1.60. The van der Waals surface area contributed by atoms with Gasteiger partial charge in [-0.15, -0.1) is 11.3 Å². The maximum Gasteiger partial charge on any atom is 0.224 e. The molecule has 0 fully saturated rings. The van der Waals surface area contributed by atoms with Crippen molar-refractivity contribution in [3.63, 3.8) is 0 Å². The molecule has 0 aliphatic carbocycles. The van der Waals surface area contributed by atoms with E-state index in [0.29, 0.717) is 31.7 Å². The molecule has 1 aromatic carbocycles. The molecule has 0 aliphatic heterocycles. The summed E-state index contributed by atoms with van der Waals surface area (Å²) in [5.41, 5.74) is 7.02. The van der Waals surface area contributed by atoms with E-state index < -0.39 is 0 Å². The van der Waals surface area contributed by atoms with Crippen LogP contribution in [0.2, 0.25) is 0 Å². The summed E-state index contributed by atoms with van der Waals surface area (Å²) >= 11 is 1.67. The lowest BCUT2D eigenvalue weighted by molar-refractivity contribution is -0.116. The molecule has 5 heteroatoms. The lowest BCUT2D eigenvalue weighted by atomic mass is 10.2. The standard InChI is InChI=1S/C15H18N2O2S/c16-12-4-1-5-13(10-12)17-15(18)7-2-8-19-11-14-6-3-9-20-14/h1,3-6,9-10H,2,7-8,11,16H2,(H,17,18). The fourth-order valence-corrected chi connectivity index (χ4v) is 2.38. The molecule has 0 aliphatic rings. The predicted molar refractivity (Wildman–Crippen MR) is 82.7 cm³/mol. The van der Waals surface area contributed by atoms with Crippen LogP contribution in [0.1, 0.15) is 17.7 Å². The Morgan fingerprint density at radius 2 is 2.20 bits per heavy atom. The zero-order chi connectivity index (χ0) is 14.2. The van der Waals surface area contributed by atoms with E-state index >= 15 is 0 Å². The molecule has 4 nitrogen and oxygen atoms in total. The molecule has 0 spiro atoms. The van der Waals surface area contributed by atoms with Crippen LogP contribution in [0.4, 0.5) is 11.4 Å². The molecule has 1 aromatic heterocycles. The average molecular weight is 290 g/mol. The molecule has 2 aromatic rings. The minimum absolute atomic E-state index is 0.0182. The van der Waals surface area contributed by atoms with Crippen molar-refractivity contribution in [2.75, 3.05) is 17.7 Å². The van der Waals surface area contributed by atoms with Crippen LogP contribution in [0.5, 0.6) is 0 Å². The van der Waals surface area contributed by atoms with Crippen LogP contribution in [0, 0.1) is 0 Å². The Morgan fingerprint density at radius 3 is 2.95 bits per heavy atom. The Bertz CT molecular complexity index is 541. The number of hydrogen-bond donors (Lipinski definition) is 2. The van der Waals surface area contributed by atoms with Gasteiger partial charge in [0.2, 0.25) is 5.91 Å². The molecular weight excluding hydrogens is 272 g/mol. The summed E-state index contributed by atoms with van der Waals surface area (Å²) in [6.45, 7) is 1.21. The SMILES string of the molecule is Nc1cccc(NC(=O)CCCOCc2cccs2)c1. The minimum atomic E-state index is -0.0182. The number of benzene rings is 1. The first kappa shape index (κ1) is 14.6. The van der Waals surface area contributed by atoms with Crippen LogP contribution in [-0.2, 0) is 16.1 Å². The quantitative estimate of drug-likeness (QED) is 0.607. The van der Waals surface area contributed by atoms with Crippen molar-refractivity contribution in [2.24, 2.45) is 0 Å². The van der Waals surface area contributed by atoms with Crippen LogP contribution in [0.3, 0.4) is 0 Å².